The minimum Gasteiger partial charge on any atom is -0.311 e. The van der Waals surface area contributed by atoms with Crippen molar-refractivity contribution in [2.24, 2.45) is 0 Å². The van der Waals surface area contributed by atoms with E-state index in [1.165, 1.54) is 6.07 Å². The number of carbonyl (C=O) groups excluding carboxylic acids is 1. The first-order chi connectivity index (χ1) is 6.68. The van der Waals surface area contributed by atoms with Gasteiger partial charge < -0.3 is 4.90 Å². The maximum atomic E-state index is 13.2. The van der Waals surface area contributed by atoms with Crippen LogP contribution in [0, 0.1) is 12.7 Å². The molecule has 1 aliphatic heterocycles. The third-order valence-corrected chi connectivity index (χ3v) is 2.40. The highest BCUT2D eigenvalue weighted by Crippen LogP contribution is 2.21. The summed E-state index contributed by atoms with van der Waals surface area (Å²) in [5.74, 6) is -0.308. The van der Waals surface area contributed by atoms with Gasteiger partial charge in [0.05, 0.1) is 17.6 Å². The number of hydrogen-bond acceptors (Lipinski definition) is 2. The highest BCUT2D eigenvalue weighted by Gasteiger charge is 2.22. The predicted molar refractivity (Wildman–Crippen MR) is 50.5 cm³/mol. The fraction of sp³-hybridized carbons (Fsp3) is 0.400. The van der Waals surface area contributed by atoms with Gasteiger partial charge in [-0.05, 0) is 13.3 Å². The van der Waals surface area contributed by atoms with Crippen LogP contribution in [0.2, 0.25) is 0 Å². The minimum atomic E-state index is -0.359. The molecule has 4 heteroatoms. The molecule has 0 bridgehead atoms. The number of hydrogen-bond donors (Lipinski definition) is 0. The van der Waals surface area contributed by atoms with Gasteiger partial charge in [-0.25, -0.2) is 4.39 Å². The molecule has 1 amide bonds. The van der Waals surface area contributed by atoms with Crippen molar-refractivity contribution >= 4 is 11.6 Å². The van der Waals surface area contributed by atoms with Gasteiger partial charge in [-0.3, -0.25) is 9.78 Å². The lowest BCUT2D eigenvalue weighted by Crippen LogP contribution is -2.24. The summed E-state index contributed by atoms with van der Waals surface area (Å²) in [4.78, 5) is 16.8. The molecular weight excluding hydrogens is 183 g/mol. The number of amides is 1. The Morgan fingerprint density at radius 3 is 2.93 bits per heavy atom. The Hall–Kier alpha value is -1.45. The van der Waals surface area contributed by atoms with E-state index in [1.54, 1.807) is 18.0 Å². The zero-order valence-corrected chi connectivity index (χ0v) is 7.96. The summed E-state index contributed by atoms with van der Waals surface area (Å²) in [5, 5.41) is 0. The van der Waals surface area contributed by atoms with E-state index in [0.717, 1.165) is 6.42 Å². The Morgan fingerprint density at radius 2 is 2.36 bits per heavy atom. The Kier molecular flexibility index (Phi) is 2.19. The summed E-state index contributed by atoms with van der Waals surface area (Å²) in [6.45, 7) is 2.27. The molecule has 1 aromatic heterocycles. The first-order valence-corrected chi connectivity index (χ1v) is 4.61. The molecule has 0 saturated carbocycles. The largest absolute Gasteiger partial charge is 0.311 e. The third kappa shape index (κ3) is 1.47. The van der Waals surface area contributed by atoms with Gasteiger partial charge in [0.2, 0.25) is 5.91 Å². The van der Waals surface area contributed by atoms with Crippen molar-refractivity contribution in [2.75, 3.05) is 11.4 Å². The predicted octanol–water partition coefficient (Wildman–Crippen LogP) is 1.66. The van der Waals surface area contributed by atoms with Crippen LogP contribution in [0.5, 0.6) is 0 Å². The quantitative estimate of drug-likeness (QED) is 0.681. The highest BCUT2D eigenvalue weighted by molar-refractivity contribution is 5.95. The number of aryl methyl sites for hydroxylation is 1. The number of carbonyl (C=O) groups is 1. The lowest BCUT2D eigenvalue weighted by molar-refractivity contribution is -0.117. The number of pyridine rings is 1. The van der Waals surface area contributed by atoms with Crippen molar-refractivity contribution in [2.45, 2.75) is 19.8 Å². The van der Waals surface area contributed by atoms with Crippen molar-refractivity contribution in [1.82, 2.24) is 4.98 Å². The summed E-state index contributed by atoms with van der Waals surface area (Å²) in [7, 11) is 0. The summed E-state index contributed by atoms with van der Waals surface area (Å²) in [6, 6.07) is 1.37. The summed E-state index contributed by atoms with van der Waals surface area (Å²) < 4.78 is 13.2. The van der Waals surface area contributed by atoms with E-state index >= 15 is 0 Å². The fourth-order valence-corrected chi connectivity index (χ4v) is 1.56. The van der Waals surface area contributed by atoms with Gasteiger partial charge in [0.1, 0.15) is 5.82 Å². The van der Waals surface area contributed by atoms with Gasteiger partial charge in [0, 0.05) is 19.0 Å². The molecule has 74 valence electrons. The zero-order chi connectivity index (χ0) is 10.1. The van der Waals surface area contributed by atoms with Gasteiger partial charge in [-0.1, -0.05) is 0 Å². The highest BCUT2D eigenvalue weighted by atomic mass is 19.1. The lowest BCUT2D eigenvalue weighted by atomic mass is 10.3. The maximum Gasteiger partial charge on any atom is 0.227 e. The Morgan fingerprint density at radius 1 is 1.57 bits per heavy atom. The Bertz CT molecular complexity index is 378. The second-order valence-corrected chi connectivity index (χ2v) is 3.41. The number of rotatable bonds is 1. The molecule has 0 aromatic carbocycles. The monoisotopic (exact) mass is 194 g/mol. The van der Waals surface area contributed by atoms with Gasteiger partial charge >= 0.3 is 0 Å². The topological polar surface area (TPSA) is 33.2 Å². The minimum absolute atomic E-state index is 0.0510. The molecule has 0 unspecified atom stereocenters. The van der Waals surface area contributed by atoms with Gasteiger partial charge in [0.15, 0.2) is 0 Å². The van der Waals surface area contributed by atoms with Crippen LogP contribution in [-0.4, -0.2) is 17.4 Å². The second kappa shape index (κ2) is 3.36. The van der Waals surface area contributed by atoms with Gasteiger partial charge in [0.25, 0.3) is 0 Å². The number of halogens is 1. The van der Waals surface area contributed by atoms with Gasteiger partial charge in [-0.15, -0.1) is 0 Å². The Balaban J connectivity index is 2.32. The molecule has 0 radical (unpaired) electrons. The first kappa shape index (κ1) is 9.12. The number of aromatic nitrogens is 1. The fourth-order valence-electron chi connectivity index (χ4n) is 1.56. The number of nitrogens with zero attached hydrogens (tertiary/aromatic N) is 2. The Labute approximate surface area is 81.6 Å². The molecule has 1 fully saturated rings. The molecule has 2 heterocycles. The van der Waals surface area contributed by atoms with E-state index in [-0.39, 0.29) is 11.7 Å². The molecule has 0 aliphatic carbocycles. The molecule has 0 spiro atoms. The van der Waals surface area contributed by atoms with E-state index in [4.69, 9.17) is 0 Å². The molecule has 1 aromatic rings. The van der Waals surface area contributed by atoms with Crippen LogP contribution in [0.4, 0.5) is 10.1 Å². The van der Waals surface area contributed by atoms with E-state index in [1.807, 2.05) is 0 Å². The molecule has 0 N–H and O–H groups in total. The van der Waals surface area contributed by atoms with Crippen molar-refractivity contribution in [1.29, 1.82) is 0 Å². The van der Waals surface area contributed by atoms with Crippen LogP contribution in [0.3, 0.4) is 0 Å². The smallest absolute Gasteiger partial charge is 0.227 e. The molecule has 1 saturated heterocycles. The van der Waals surface area contributed by atoms with E-state index in [9.17, 15) is 9.18 Å². The van der Waals surface area contributed by atoms with Crippen molar-refractivity contribution < 1.29 is 9.18 Å². The molecular formula is C10H11FN2O. The van der Waals surface area contributed by atoms with Crippen molar-refractivity contribution in [3.63, 3.8) is 0 Å². The van der Waals surface area contributed by atoms with Crippen LogP contribution in [0.1, 0.15) is 18.5 Å². The van der Waals surface area contributed by atoms with Crippen LogP contribution < -0.4 is 4.90 Å². The SMILES string of the molecule is Cc1ncc(N2CCCC2=O)cc1F. The molecule has 3 nitrogen and oxygen atoms in total. The molecule has 0 atom stereocenters. The van der Waals surface area contributed by atoms with Gasteiger partial charge in [-0.2, -0.15) is 0 Å². The van der Waals surface area contributed by atoms with Crippen LogP contribution in [0.25, 0.3) is 0 Å². The second-order valence-electron chi connectivity index (χ2n) is 3.41. The van der Waals surface area contributed by atoms with Crippen molar-refractivity contribution in [3.05, 3.63) is 23.8 Å². The number of anilines is 1. The molecule has 14 heavy (non-hydrogen) atoms. The van der Waals surface area contributed by atoms with E-state index < -0.39 is 0 Å². The van der Waals surface area contributed by atoms with Crippen molar-refractivity contribution in [3.8, 4) is 0 Å². The average molecular weight is 194 g/mol. The average Bonchev–Trinajstić information content (AvgIpc) is 2.57. The zero-order valence-electron chi connectivity index (χ0n) is 7.96. The summed E-state index contributed by atoms with van der Waals surface area (Å²) in [5.41, 5.74) is 0.927. The van der Waals surface area contributed by atoms with E-state index in [2.05, 4.69) is 4.98 Å². The summed E-state index contributed by atoms with van der Waals surface area (Å²) >= 11 is 0. The third-order valence-electron chi connectivity index (χ3n) is 2.40. The van der Waals surface area contributed by atoms with Crippen LogP contribution >= 0.6 is 0 Å². The first-order valence-electron chi connectivity index (χ1n) is 4.61. The summed E-state index contributed by atoms with van der Waals surface area (Å²) in [6.07, 6.45) is 2.94. The van der Waals surface area contributed by atoms with Crippen LogP contribution in [-0.2, 0) is 4.79 Å². The molecule has 2 rings (SSSR count). The van der Waals surface area contributed by atoms with E-state index in [0.29, 0.717) is 24.3 Å². The molecule has 1 aliphatic rings. The normalized spacial score (nSPS) is 16.4. The standard InChI is InChI=1S/C10H11FN2O/c1-7-9(11)5-8(6-12-7)13-4-2-3-10(13)14/h5-6H,2-4H2,1H3. The lowest BCUT2D eigenvalue weighted by Gasteiger charge is -2.15. The maximum absolute atomic E-state index is 13.2. The van der Waals surface area contributed by atoms with Crippen LogP contribution in [0.15, 0.2) is 12.3 Å².